The van der Waals surface area contributed by atoms with Crippen LogP contribution in [0.3, 0.4) is 0 Å². The fraction of sp³-hybridized carbons (Fsp3) is 0.529. The monoisotopic (exact) mass is 858 g/mol. The highest BCUT2D eigenvalue weighted by molar-refractivity contribution is 5.90. The third-order valence-electron chi connectivity index (χ3n) is 10.8. The van der Waals surface area contributed by atoms with Crippen molar-refractivity contribution in [2.45, 2.75) is 142 Å². The molecule has 0 bridgehead atoms. The maximum absolute atomic E-state index is 13.8. The van der Waals surface area contributed by atoms with Crippen molar-refractivity contribution < 1.29 is 52.6 Å². The van der Waals surface area contributed by atoms with E-state index in [0.717, 1.165) is 89.0 Å². The molecule has 0 heterocycles. The SMILES string of the molecule is C=C(C)C(=O)OCCCCCCCCCCCOC(=O)C1C=CC=CC1(CCCCC(C)OOc1ccc(/C=C/C(=O)OC)cc1OC)OC(=O)c1ccc(CCCCC)cc1. The van der Waals surface area contributed by atoms with E-state index in [-0.39, 0.29) is 12.1 Å². The van der Waals surface area contributed by atoms with Crippen LogP contribution >= 0.6 is 0 Å². The number of hydrogen-bond donors (Lipinski definition) is 0. The molecule has 0 aliphatic heterocycles. The van der Waals surface area contributed by atoms with Gasteiger partial charge in [-0.1, -0.05) is 114 Å². The summed E-state index contributed by atoms with van der Waals surface area (Å²) in [5.41, 5.74) is 1.53. The molecule has 62 heavy (non-hydrogen) atoms. The summed E-state index contributed by atoms with van der Waals surface area (Å²) in [5.74, 6) is -1.66. The maximum atomic E-state index is 13.8. The van der Waals surface area contributed by atoms with E-state index in [4.69, 9.17) is 28.7 Å². The van der Waals surface area contributed by atoms with E-state index in [1.807, 2.05) is 31.2 Å². The number of hydrogen-bond acceptors (Lipinski definition) is 11. The largest absolute Gasteiger partial charge is 0.493 e. The van der Waals surface area contributed by atoms with Gasteiger partial charge in [0.2, 0.25) is 5.75 Å². The first-order valence-electron chi connectivity index (χ1n) is 22.5. The van der Waals surface area contributed by atoms with Crippen LogP contribution in [0.1, 0.15) is 145 Å². The van der Waals surface area contributed by atoms with Crippen LogP contribution in [0.2, 0.25) is 0 Å². The van der Waals surface area contributed by atoms with Crippen molar-refractivity contribution in [1.82, 2.24) is 0 Å². The highest BCUT2D eigenvalue weighted by Gasteiger charge is 2.45. The lowest BCUT2D eigenvalue weighted by molar-refractivity contribution is -0.242. The Hall–Kier alpha value is -5.16. The summed E-state index contributed by atoms with van der Waals surface area (Å²) < 4.78 is 27.5. The number of unbranched alkanes of at least 4 members (excludes halogenated alkanes) is 11. The quantitative estimate of drug-likeness (QED) is 0.0179. The van der Waals surface area contributed by atoms with E-state index >= 15 is 0 Å². The molecule has 3 rings (SSSR count). The Morgan fingerprint density at radius 3 is 2.11 bits per heavy atom. The molecule has 0 radical (unpaired) electrons. The average Bonchev–Trinajstić information content (AvgIpc) is 3.28. The van der Waals surface area contributed by atoms with Crippen molar-refractivity contribution >= 4 is 30.0 Å². The van der Waals surface area contributed by atoms with Crippen LogP contribution in [0, 0.1) is 5.92 Å². The summed E-state index contributed by atoms with van der Waals surface area (Å²) in [4.78, 5) is 61.9. The third kappa shape index (κ3) is 18.8. The molecule has 1 aliphatic rings. The zero-order chi connectivity index (χ0) is 45.0. The molecular formula is C51H70O11. The number of carbonyl (C=O) groups is 4. The summed E-state index contributed by atoms with van der Waals surface area (Å²) in [7, 11) is 2.84. The van der Waals surface area contributed by atoms with Gasteiger partial charge in [0.1, 0.15) is 17.6 Å². The van der Waals surface area contributed by atoms with E-state index in [1.165, 1.54) is 25.9 Å². The predicted octanol–water partition coefficient (Wildman–Crippen LogP) is 11.4. The van der Waals surface area contributed by atoms with Gasteiger partial charge in [-0.3, -0.25) is 4.79 Å². The van der Waals surface area contributed by atoms with Gasteiger partial charge in [-0.2, -0.15) is 4.89 Å². The zero-order valence-electron chi connectivity index (χ0n) is 37.8. The minimum atomic E-state index is -1.23. The lowest BCUT2D eigenvalue weighted by Crippen LogP contribution is -2.45. The first kappa shape index (κ1) is 51.2. The number of aryl methyl sites for hydroxylation is 1. The zero-order valence-corrected chi connectivity index (χ0v) is 37.8. The Bertz CT molecular complexity index is 1780. The fourth-order valence-corrected chi connectivity index (χ4v) is 7.04. The van der Waals surface area contributed by atoms with Gasteiger partial charge in [0, 0.05) is 11.6 Å². The molecule has 0 saturated carbocycles. The number of allylic oxidation sites excluding steroid dienone is 2. The number of carbonyl (C=O) groups excluding carboxylic acids is 4. The van der Waals surface area contributed by atoms with Crippen molar-refractivity contribution in [2.24, 2.45) is 5.92 Å². The van der Waals surface area contributed by atoms with Gasteiger partial charge in [0.25, 0.3) is 0 Å². The molecule has 11 heteroatoms. The molecule has 0 saturated heterocycles. The van der Waals surface area contributed by atoms with E-state index in [9.17, 15) is 19.2 Å². The standard InChI is InChI=1S/C51H70O11/c1-7-8-16-24-41-26-30-43(31-27-41)49(54)60-51(34-19-17-23-40(4)61-62-45-32-28-42(38-46(45)56-5)29-33-47(52)57-6)35-20-18-25-44(51)50(55)59-37-22-15-13-11-9-10-12-14-21-36-58-48(53)39(2)3/h18,20,25-33,35,38,40,44H,2,7-17,19,21-24,34,36-37H2,1,3-6H3/b33-29+. The summed E-state index contributed by atoms with van der Waals surface area (Å²) in [6, 6.07) is 12.7. The number of esters is 4. The smallest absolute Gasteiger partial charge is 0.339 e. The molecule has 3 atom stereocenters. The first-order valence-corrected chi connectivity index (χ1v) is 22.5. The molecule has 2 aromatic carbocycles. The molecule has 0 spiro atoms. The van der Waals surface area contributed by atoms with E-state index in [0.29, 0.717) is 61.5 Å². The lowest BCUT2D eigenvalue weighted by atomic mass is 9.79. The third-order valence-corrected chi connectivity index (χ3v) is 10.8. The Balaban J connectivity index is 1.54. The van der Waals surface area contributed by atoms with Crippen LogP contribution in [-0.2, 0) is 44.6 Å². The normalized spacial score (nSPS) is 16.1. The summed E-state index contributed by atoms with van der Waals surface area (Å²) in [6.07, 6.45) is 25.7. The molecule has 0 amide bonds. The van der Waals surface area contributed by atoms with Crippen molar-refractivity contribution in [3.63, 3.8) is 0 Å². The molecule has 11 nitrogen and oxygen atoms in total. The molecule has 2 aromatic rings. The second-order valence-corrected chi connectivity index (χ2v) is 16.0. The van der Waals surface area contributed by atoms with Crippen LogP contribution in [0.4, 0.5) is 0 Å². The number of methoxy groups -OCH3 is 2. The summed E-state index contributed by atoms with van der Waals surface area (Å²) in [6.45, 7) is 10.1. The Kier molecular flexibility index (Phi) is 24.1. The highest BCUT2D eigenvalue weighted by Crippen LogP contribution is 2.36. The Morgan fingerprint density at radius 1 is 0.790 bits per heavy atom. The van der Waals surface area contributed by atoms with Crippen LogP contribution in [0.15, 0.2) is 85.0 Å². The summed E-state index contributed by atoms with van der Waals surface area (Å²) >= 11 is 0. The summed E-state index contributed by atoms with van der Waals surface area (Å²) in [5, 5.41) is 0. The molecule has 340 valence electrons. The van der Waals surface area contributed by atoms with Crippen molar-refractivity contribution in [1.29, 1.82) is 0 Å². The topological polar surface area (TPSA) is 133 Å². The molecule has 0 aromatic heterocycles. The first-order chi connectivity index (χ1) is 30.0. The van der Waals surface area contributed by atoms with Crippen LogP contribution < -0.4 is 9.62 Å². The van der Waals surface area contributed by atoms with Gasteiger partial charge in [0.15, 0.2) is 5.75 Å². The van der Waals surface area contributed by atoms with Crippen LogP contribution in [0.5, 0.6) is 11.5 Å². The predicted molar refractivity (Wildman–Crippen MR) is 242 cm³/mol. The maximum Gasteiger partial charge on any atom is 0.339 e. The van der Waals surface area contributed by atoms with Crippen LogP contribution in [-0.4, -0.2) is 63.0 Å². The molecule has 3 unspecified atom stereocenters. The minimum absolute atomic E-state index is 0.291. The molecule has 0 N–H and O–H groups in total. The van der Waals surface area contributed by atoms with E-state index in [2.05, 4.69) is 18.2 Å². The number of rotatable bonds is 31. The van der Waals surface area contributed by atoms with E-state index < -0.39 is 29.4 Å². The van der Waals surface area contributed by atoms with E-state index in [1.54, 1.807) is 55.5 Å². The lowest BCUT2D eigenvalue weighted by Gasteiger charge is -2.37. The fourth-order valence-electron chi connectivity index (χ4n) is 7.04. The average molecular weight is 859 g/mol. The number of benzene rings is 2. The van der Waals surface area contributed by atoms with Crippen LogP contribution in [0.25, 0.3) is 6.08 Å². The Morgan fingerprint density at radius 2 is 1.47 bits per heavy atom. The van der Waals surface area contributed by atoms with Gasteiger partial charge in [0.05, 0.1) is 33.0 Å². The van der Waals surface area contributed by atoms with Gasteiger partial charge in [-0.15, -0.1) is 0 Å². The second-order valence-electron chi connectivity index (χ2n) is 16.0. The highest BCUT2D eigenvalue weighted by atomic mass is 17.2. The second kappa shape index (κ2) is 29.2. The van der Waals surface area contributed by atoms with Gasteiger partial charge in [-0.05, 0) is 106 Å². The Labute approximate surface area is 369 Å². The minimum Gasteiger partial charge on any atom is -0.493 e. The van der Waals surface area contributed by atoms with Gasteiger partial charge < -0.3 is 28.6 Å². The van der Waals surface area contributed by atoms with Crippen molar-refractivity contribution in [3.05, 3.63) is 102 Å². The number of ether oxygens (including phenoxy) is 5. The molecule has 1 aliphatic carbocycles. The molecular weight excluding hydrogens is 789 g/mol. The van der Waals surface area contributed by atoms with Crippen molar-refractivity contribution in [2.75, 3.05) is 27.4 Å². The van der Waals surface area contributed by atoms with Gasteiger partial charge >= 0.3 is 23.9 Å². The van der Waals surface area contributed by atoms with Gasteiger partial charge in [-0.25, -0.2) is 14.4 Å². The van der Waals surface area contributed by atoms with Crippen molar-refractivity contribution in [3.8, 4) is 11.5 Å². The molecule has 0 fully saturated rings.